The Morgan fingerprint density at radius 2 is 2.15 bits per heavy atom. The topological polar surface area (TPSA) is 58.4 Å². The summed E-state index contributed by atoms with van der Waals surface area (Å²) in [5.41, 5.74) is -1.02. The monoisotopic (exact) mass is 293 g/mol. The minimum atomic E-state index is -4.51. The van der Waals surface area contributed by atoms with E-state index in [-0.39, 0.29) is 25.1 Å². The van der Waals surface area contributed by atoms with Crippen LogP contribution >= 0.6 is 0 Å². The van der Waals surface area contributed by atoms with Crippen molar-refractivity contribution in [2.75, 3.05) is 13.2 Å². The average Bonchev–Trinajstić information content (AvgIpc) is 2.77. The second-order valence-electron chi connectivity index (χ2n) is 4.65. The third kappa shape index (κ3) is 4.52. The van der Waals surface area contributed by atoms with E-state index in [1.165, 1.54) is 4.90 Å². The van der Waals surface area contributed by atoms with Gasteiger partial charge in [-0.15, -0.1) is 0 Å². The molecule has 5 nitrogen and oxygen atoms in total. The summed E-state index contributed by atoms with van der Waals surface area (Å²) in [6.07, 6.45) is -2.95. The lowest BCUT2D eigenvalue weighted by molar-refractivity contribution is -0.142. The number of halogens is 3. The van der Waals surface area contributed by atoms with Crippen molar-refractivity contribution in [2.24, 2.45) is 0 Å². The number of nitrogens with zero attached hydrogens (tertiary/aromatic N) is 3. The van der Waals surface area contributed by atoms with Gasteiger partial charge in [-0.05, 0) is 26.3 Å². The SMILES string of the molecule is CC(C)N(CCCO)C(=O)Cn1ccc(C(F)(F)F)n1. The van der Waals surface area contributed by atoms with Gasteiger partial charge in [-0.25, -0.2) is 0 Å². The molecule has 8 heteroatoms. The standard InChI is InChI=1S/C12H18F3N3O2/c1-9(2)18(5-3-7-19)11(20)8-17-6-4-10(16-17)12(13,14)15/h4,6,9,19H,3,5,7-8H2,1-2H3. The fourth-order valence-electron chi connectivity index (χ4n) is 1.74. The van der Waals surface area contributed by atoms with Crippen LogP contribution in [0.1, 0.15) is 26.0 Å². The summed E-state index contributed by atoms with van der Waals surface area (Å²) in [4.78, 5) is 13.5. The number of hydrogen-bond acceptors (Lipinski definition) is 3. The molecule has 0 aliphatic carbocycles. The first-order valence-corrected chi connectivity index (χ1v) is 6.26. The van der Waals surface area contributed by atoms with Crippen LogP contribution in [0.5, 0.6) is 0 Å². The van der Waals surface area contributed by atoms with Gasteiger partial charge in [-0.1, -0.05) is 0 Å². The molecule has 0 saturated heterocycles. The Kier molecular flexibility index (Phi) is 5.55. The number of aliphatic hydroxyl groups excluding tert-OH is 1. The van der Waals surface area contributed by atoms with Crippen molar-refractivity contribution in [3.8, 4) is 0 Å². The molecule has 0 bridgehead atoms. The molecular weight excluding hydrogens is 275 g/mol. The number of alkyl halides is 3. The number of carbonyl (C=O) groups is 1. The highest BCUT2D eigenvalue weighted by atomic mass is 19.4. The predicted octanol–water partition coefficient (Wildman–Crippen LogP) is 1.52. The molecular formula is C12H18F3N3O2. The molecule has 1 heterocycles. The van der Waals surface area contributed by atoms with Gasteiger partial charge in [-0.2, -0.15) is 18.3 Å². The Balaban J connectivity index is 2.70. The molecule has 0 aliphatic rings. The molecule has 1 rings (SSSR count). The first-order chi connectivity index (χ1) is 9.25. The molecule has 0 atom stereocenters. The largest absolute Gasteiger partial charge is 0.435 e. The number of aliphatic hydroxyl groups is 1. The molecule has 0 aliphatic heterocycles. The fraction of sp³-hybridized carbons (Fsp3) is 0.667. The van der Waals surface area contributed by atoms with E-state index in [9.17, 15) is 18.0 Å². The van der Waals surface area contributed by atoms with Crippen LogP contribution in [0, 0.1) is 0 Å². The van der Waals surface area contributed by atoms with Gasteiger partial charge in [0.25, 0.3) is 0 Å². The Bertz CT molecular complexity index is 443. The summed E-state index contributed by atoms with van der Waals surface area (Å²) in [6, 6.07) is 0.743. The van der Waals surface area contributed by atoms with Gasteiger partial charge in [0.1, 0.15) is 6.54 Å². The van der Waals surface area contributed by atoms with Crippen molar-refractivity contribution in [2.45, 2.75) is 39.0 Å². The van der Waals surface area contributed by atoms with E-state index >= 15 is 0 Å². The van der Waals surface area contributed by atoms with Crippen LogP contribution in [0.3, 0.4) is 0 Å². The Labute approximate surface area is 115 Å². The molecule has 0 aromatic carbocycles. The smallest absolute Gasteiger partial charge is 0.396 e. The molecule has 114 valence electrons. The third-order valence-corrected chi connectivity index (χ3v) is 2.73. The molecule has 0 spiro atoms. The fourth-order valence-corrected chi connectivity index (χ4v) is 1.74. The van der Waals surface area contributed by atoms with Gasteiger partial charge in [0, 0.05) is 25.4 Å². The maximum absolute atomic E-state index is 12.4. The minimum absolute atomic E-state index is 0.0451. The van der Waals surface area contributed by atoms with Crippen LogP contribution in [0.25, 0.3) is 0 Å². The highest BCUT2D eigenvalue weighted by molar-refractivity contribution is 5.76. The molecule has 1 amide bonds. The second kappa shape index (κ2) is 6.74. The van der Waals surface area contributed by atoms with Crippen molar-refractivity contribution < 1.29 is 23.1 Å². The second-order valence-corrected chi connectivity index (χ2v) is 4.65. The van der Waals surface area contributed by atoms with Crippen molar-refractivity contribution in [1.29, 1.82) is 0 Å². The summed E-state index contributed by atoms with van der Waals surface area (Å²) < 4.78 is 38.2. The number of aromatic nitrogens is 2. The van der Waals surface area contributed by atoms with E-state index < -0.39 is 11.9 Å². The molecule has 0 unspecified atom stereocenters. The number of rotatable bonds is 6. The predicted molar refractivity (Wildman–Crippen MR) is 65.8 cm³/mol. The molecule has 20 heavy (non-hydrogen) atoms. The number of amides is 1. The van der Waals surface area contributed by atoms with Gasteiger partial charge >= 0.3 is 6.18 Å². The van der Waals surface area contributed by atoms with Crippen LogP contribution < -0.4 is 0 Å². The van der Waals surface area contributed by atoms with E-state index in [0.717, 1.165) is 16.9 Å². The Morgan fingerprint density at radius 3 is 2.60 bits per heavy atom. The highest BCUT2D eigenvalue weighted by Crippen LogP contribution is 2.27. The molecule has 0 saturated carbocycles. The maximum Gasteiger partial charge on any atom is 0.435 e. The zero-order valence-electron chi connectivity index (χ0n) is 11.4. The third-order valence-electron chi connectivity index (χ3n) is 2.73. The van der Waals surface area contributed by atoms with Crippen LogP contribution in [-0.2, 0) is 17.5 Å². The normalized spacial score (nSPS) is 11.9. The van der Waals surface area contributed by atoms with Crippen molar-refractivity contribution in [1.82, 2.24) is 14.7 Å². The van der Waals surface area contributed by atoms with E-state index in [4.69, 9.17) is 5.11 Å². The van der Waals surface area contributed by atoms with E-state index in [2.05, 4.69) is 5.10 Å². The van der Waals surface area contributed by atoms with Crippen molar-refractivity contribution in [3.05, 3.63) is 18.0 Å². The van der Waals surface area contributed by atoms with E-state index in [1.54, 1.807) is 13.8 Å². The van der Waals surface area contributed by atoms with E-state index in [1.807, 2.05) is 0 Å². The molecule has 1 N–H and O–H groups in total. The van der Waals surface area contributed by atoms with Gasteiger partial charge < -0.3 is 10.0 Å². The van der Waals surface area contributed by atoms with Crippen molar-refractivity contribution >= 4 is 5.91 Å². The van der Waals surface area contributed by atoms with Crippen LogP contribution in [0.4, 0.5) is 13.2 Å². The van der Waals surface area contributed by atoms with Gasteiger partial charge in [0.15, 0.2) is 5.69 Å². The summed E-state index contributed by atoms with van der Waals surface area (Å²) in [5.74, 6) is -0.328. The first-order valence-electron chi connectivity index (χ1n) is 6.26. The average molecular weight is 293 g/mol. The quantitative estimate of drug-likeness (QED) is 0.865. The zero-order chi connectivity index (χ0) is 15.3. The minimum Gasteiger partial charge on any atom is -0.396 e. The summed E-state index contributed by atoms with van der Waals surface area (Å²) in [7, 11) is 0. The first kappa shape index (κ1) is 16.5. The molecule has 1 aromatic heterocycles. The number of carbonyl (C=O) groups excluding carboxylic acids is 1. The van der Waals surface area contributed by atoms with Crippen LogP contribution in [0.15, 0.2) is 12.3 Å². The molecule has 0 radical (unpaired) electrons. The van der Waals surface area contributed by atoms with Gasteiger partial charge in [0.2, 0.25) is 5.91 Å². The van der Waals surface area contributed by atoms with Gasteiger partial charge in [0.05, 0.1) is 0 Å². The summed E-state index contributed by atoms with van der Waals surface area (Å²) >= 11 is 0. The lowest BCUT2D eigenvalue weighted by atomic mass is 10.3. The lowest BCUT2D eigenvalue weighted by Gasteiger charge is -2.26. The Hall–Kier alpha value is -1.57. The molecule has 0 fully saturated rings. The van der Waals surface area contributed by atoms with Crippen LogP contribution in [0.2, 0.25) is 0 Å². The maximum atomic E-state index is 12.4. The van der Waals surface area contributed by atoms with Crippen LogP contribution in [-0.4, -0.2) is 44.9 Å². The van der Waals surface area contributed by atoms with E-state index in [0.29, 0.717) is 13.0 Å². The summed E-state index contributed by atoms with van der Waals surface area (Å²) in [6.45, 7) is 3.68. The lowest BCUT2D eigenvalue weighted by Crippen LogP contribution is -2.40. The Morgan fingerprint density at radius 1 is 1.50 bits per heavy atom. The highest BCUT2D eigenvalue weighted by Gasteiger charge is 2.33. The number of hydrogen-bond donors (Lipinski definition) is 1. The van der Waals surface area contributed by atoms with Gasteiger partial charge in [-0.3, -0.25) is 9.48 Å². The summed E-state index contributed by atoms with van der Waals surface area (Å²) in [5, 5.41) is 12.1. The molecule has 1 aromatic rings. The van der Waals surface area contributed by atoms with Crippen molar-refractivity contribution in [3.63, 3.8) is 0 Å². The zero-order valence-corrected chi connectivity index (χ0v) is 11.4.